The molecule has 2 rings (SSSR count). The number of ether oxygens (including phenoxy) is 2. The predicted octanol–water partition coefficient (Wildman–Crippen LogP) is 3.94. The Labute approximate surface area is 156 Å². The van der Waals surface area contributed by atoms with E-state index in [1.54, 1.807) is 0 Å². The van der Waals surface area contributed by atoms with E-state index in [0.29, 0.717) is 0 Å². The highest BCUT2D eigenvalue weighted by molar-refractivity contribution is 5.65. The molecule has 0 aromatic heterocycles. The summed E-state index contributed by atoms with van der Waals surface area (Å²) < 4.78 is 34.6. The fourth-order valence-electron chi connectivity index (χ4n) is 1.81. The van der Waals surface area contributed by atoms with Crippen molar-refractivity contribution in [2.75, 3.05) is 7.11 Å². The maximum absolute atomic E-state index is 13.1. The lowest BCUT2D eigenvalue weighted by atomic mass is 10.2. The quantitative estimate of drug-likeness (QED) is 0.353. The van der Waals surface area contributed by atoms with Gasteiger partial charge in [0.15, 0.2) is 0 Å². The maximum Gasteiger partial charge on any atom is 0.513 e. The molecule has 0 fully saturated rings. The van der Waals surface area contributed by atoms with Gasteiger partial charge in [0.25, 0.3) is 0 Å². The van der Waals surface area contributed by atoms with Crippen LogP contribution in [0.15, 0.2) is 24.3 Å². The van der Waals surface area contributed by atoms with Crippen LogP contribution in [0.4, 0.5) is 25.0 Å². The van der Waals surface area contributed by atoms with Crippen molar-refractivity contribution < 1.29 is 38.0 Å². The smallest absolute Gasteiger partial charge is 0.507 e. The van der Waals surface area contributed by atoms with Crippen molar-refractivity contribution in [2.45, 2.75) is 13.8 Å². The number of hydrogen-bond donors (Lipinski definition) is 1. The number of nitro groups is 2. The number of methoxy groups -OCH3 is 1. The van der Waals surface area contributed by atoms with Crippen LogP contribution < -0.4 is 4.74 Å². The summed E-state index contributed by atoms with van der Waals surface area (Å²) in [5, 5.41) is 29.6. The number of carbonyl (C=O) groups is 1. The summed E-state index contributed by atoms with van der Waals surface area (Å²) in [5.41, 5.74) is -0.936. The van der Waals surface area contributed by atoms with Crippen LogP contribution in [0.25, 0.3) is 0 Å². The van der Waals surface area contributed by atoms with Gasteiger partial charge in [-0.2, -0.15) is 8.78 Å². The molecular weight excluding hydrogens is 386 g/mol. The Kier molecular flexibility index (Phi) is 7.30. The van der Waals surface area contributed by atoms with Gasteiger partial charge in [-0.15, -0.1) is 0 Å². The molecule has 0 aliphatic rings. The Morgan fingerprint density at radius 1 is 0.964 bits per heavy atom. The predicted molar refractivity (Wildman–Crippen MR) is 90.3 cm³/mol. The third-order valence-electron chi connectivity index (χ3n) is 3.26. The monoisotopic (exact) mass is 400 g/mol. The van der Waals surface area contributed by atoms with Crippen molar-refractivity contribution in [3.8, 4) is 11.5 Å². The molecule has 10 nitrogen and oxygen atoms in total. The van der Waals surface area contributed by atoms with Gasteiger partial charge in [-0.05, 0) is 37.1 Å². The van der Waals surface area contributed by atoms with Crippen LogP contribution in [0.5, 0.6) is 11.5 Å². The molecule has 0 bridgehead atoms. The van der Waals surface area contributed by atoms with E-state index in [1.165, 1.54) is 13.8 Å². The molecule has 2 aromatic carbocycles. The molecule has 0 heterocycles. The van der Waals surface area contributed by atoms with Crippen LogP contribution in [0.2, 0.25) is 0 Å². The highest BCUT2D eigenvalue weighted by Crippen LogP contribution is 2.28. The molecule has 0 atom stereocenters. The molecule has 0 saturated heterocycles. The van der Waals surface area contributed by atoms with Crippen molar-refractivity contribution in [1.82, 2.24) is 0 Å². The third-order valence-corrected chi connectivity index (χ3v) is 3.26. The van der Waals surface area contributed by atoms with Crippen LogP contribution in [-0.4, -0.2) is 28.2 Å². The summed E-state index contributed by atoms with van der Waals surface area (Å²) in [7, 11) is 1.09. The average Bonchev–Trinajstić information content (AvgIpc) is 2.60. The average molecular weight is 400 g/mol. The van der Waals surface area contributed by atoms with Crippen LogP contribution in [0.1, 0.15) is 11.1 Å². The number of nitro benzene ring substituents is 2. The standard InChI is InChI=1S/C9H8FNO5.C7H6FNO3/c1-5-3-6(10)7(11(13)14)4-8(5)16-9(12)15-2;1-4-2-5(8)6(9(11)12)3-7(4)10/h3-4H,1-2H3;2-3,10H,1H3. The number of nitrogens with zero attached hydrogens (tertiary/aromatic N) is 2. The zero-order valence-corrected chi connectivity index (χ0v) is 14.8. The van der Waals surface area contributed by atoms with Crippen molar-refractivity contribution in [3.63, 3.8) is 0 Å². The first-order valence-electron chi connectivity index (χ1n) is 7.31. The Bertz CT molecular complexity index is 933. The molecule has 12 heteroatoms. The zero-order chi connectivity index (χ0) is 21.6. The van der Waals surface area contributed by atoms with Crippen LogP contribution in [0, 0.1) is 45.7 Å². The van der Waals surface area contributed by atoms with E-state index in [4.69, 9.17) is 5.11 Å². The van der Waals surface area contributed by atoms with E-state index in [2.05, 4.69) is 9.47 Å². The number of aromatic hydroxyl groups is 1. The lowest BCUT2D eigenvalue weighted by molar-refractivity contribution is -0.387. The number of hydrogen-bond acceptors (Lipinski definition) is 8. The summed E-state index contributed by atoms with van der Waals surface area (Å²) in [4.78, 5) is 29.6. The molecule has 0 saturated carbocycles. The molecule has 0 unspecified atom stereocenters. The van der Waals surface area contributed by atoms with Gasteiger partial charge in [-0.1, -0.05) is 0 Å². The summed E-state index contributed by atoms with van der Waals surface area (Å²) in [5.74, 6) is -2.31. The van der Waals surface area contributed by atoms with Gasteiger partial charge in [0.1, 0.15) is 11.5 Å². The van der Waals surface area contributed by atoms with E-state index in [9.17, 15) is 33.8 Å². The largest absolute Gasteiger partial charge is 0.513 e. The fourth-order valence-corrected chi connectivity index (χ4v) is 1.81. The van der Waals surface area contributed by atoms with E-state index < -0.39 is 39.0 Å². The Morgan fingerprint density at radius 2 is 1.43 bits per heavy atom. The summed E-state index contributed by atoms with van der Waals surface area (Å²) in [6.07, 6.45) is -1.02. The molecule has 0 spiro atoms. The summed E-state index contributed by atoms with van der Waals surface area (Å²) in [6.45, 7) is 2.91. The van der Waals surface area contributed by atoms with Crippen LogP contribution in [0.3, 0.4) is 0 Å². The van der Waals surface area contributed by atoms with E-state index in [-0.39, 0.29) is 22.6 Å². The Hall–Kier alpha value is -3.83. The molecular formula is C16H14F2N2O8. The van der Waals surface area contributed by atoms with Gasteiger partial charge in [0, 0.05) is 0 Å². The SMILES string of the molecule is COC(=O)Oc1cc([N+](=O)[O-])c(F)cc1C.Cc1cc(F)c([N+](=O)[O-])cc1O. The number of aryl methyl sites for hydroxylation is 2. The first-order valence-corrected chi connectivity index (χ1v) is 7.31. The van der Waals surface area contributed by atoms with Gasteiger partial charge in [-0.25, -0.2) is 4.79 Å². The molecule has 0 amide bonds. The lowest BCUT2D eigenvalue weighted by Crippen LogP contribution is -2.09. The first kappa shape index (κ1) is 22.2. The van der Waals surface area contributed by atoms with Gasteiger partial charge >= 0.3 is 17.5 Å². The highest BCUT2D eigenvalue weighted by atomic mass is 19.1. The van der Waals surface area contributed by atoms with Crippen molar-refractivity contribution in [1.29, 1.82) is 0 Å². The maximum atomic E-state index is 13.1. The second-order valence-electron chi connectivity index (χ2n) is 5.23. The molecule has 0 aliphatic carbocycles. The Morgan fingerprint density at radius 3 is 1.89 bits per heavy atom. The molecule has 0 aliphatic heterocycles. The van der Waals surface area contributed by atoms with Gasteiger partial charge in [0.2, 0.25) is 11.6 Å². The van der Waals surface area contributed by atoms with E-state index in [1.807, 2.05) is 0 Å². The number of carbonyl (C=O) groups excluding carboxylic acids is 1. The zero-order valence-electron chi connectivity index (χ0n) is 14.8. The molecule has 1 N–H and O–H groups in total. The molecule has 150 valence electrons. The van der Waals surface area contributed by atoms with Gasteiger partial charge < -0.3 is 14.6 Å². The van der Waals surface area contributed by atoms with E-state index in [0.717, 1.165) is 31.4 Å². The summed E-state index contributed by atoms with van der Waals surface area (Å²) >= 11 is 0. The first-order chi connectivity index (χ1) is 13.0. The minimum atomic E-state index is -1.02. The summed E-state index contributed by atoms with van der Waals surface area (Å²) in [6, 6.07) is 3.47. The molecule has 28 heavy (non-hydrogen) atoms. The minimum Gasteiger partial charge on any atom is -0.507 e. The molecule has 0 radical (unpaired) electrons. The highest BCUT2D eigenvalue weighted by Gasteiger charge is 2.19. The second kappa shape index (κ2) is 9.21. The number of benzene rings is 2. The van der Waals surface area contributed by atoms with Crippen LogP contribution in [-0.2, 0) is 4.74 Å². The van der Waals surface area contributed by atoms with Gasteiger partial charge in [0.05, 0.1) is 29.1 Å². The third kappa shape index (κ3) is 5.59. The van der Waals surface area contributed by atoms with Crippen molar-refractivity contribution in [2.24, 2.45) is 0 Å². The van der Waals surface area contributed by atoms with Crippen molar-refractivity contribution in [3.05, 3.63) is 67.3 Å². The number of halogens is 2. The Balaban J connectivity index is 0.000000292. The normalized spacial score (nSPS) is 9.75. The number of rotatable bonds is 3. The van der Waals surface area contributed by atoms with E-state index >= 15 is 0 Å². The number of phenols is 1. The lowest BCUT2D eigenvalue weighted by Gasteiger charge is -2.05. The second-order valence-corrected chi connectivity index (χ2v) is 5.23. The van der Waals surface area contributed by atoms with Crippen LogP contribution >= 0.6 is 0 Å². The van der Waals surface area contributed by atoms with Crippen molar-refractivity contribution >= 4 is 17.5 Å². The molecule has 2 aromatic rings. The van der Waals surface area contributed by atoms with Gasteiger partial charge in [-0.3, -0.25) is 20.2 Å². The minimum absolute atomic E-state index is 0.111. The number of phenolic OH excluding ortho intramolecular Hbond substituents is 1. The topological polar surface area (TPSA) is 142 Å². The fraction of sp³-hybridized carbons (Fsp3) is 0.188.